The Bertz CT molecular complexity index is 465. The molecule has 0 aliphatic heterocycles. The van der Waals surface area contributed by atoms with Gasteiger partial charge in [0, 0.05) is 10.9 Å². The molecule has 0 atom stereocenters. The average Bonchev–Trinajstić information content (AvgIpc) is 2.79. The Morgan fingerprint density at radius 1 is 1.18 bits per heavy atom. The summed E-state index contributed by atoms with van der Waals surface area (Å²) in [4.78, 5) is 4.54. The molecule has 0 saturated carbocycles. The van der Waals surface area contributed by atoms with Crippen LogP contribution in [0, 0.1) is 5.82 Å². The van der Waals surface area contributed by atoms with Crippen molar-refractivity contribution in [2.45, 2.75) is 19.3 Å². The molecule has 17 heavy (non-hydrogen) atoms. The lowest BCUT2D eigenvalue weighted by Crippen LogP contribution is -1.98. The lowest BCUT2D eigenvalue weighted by molar-refractivity contribution is 0.628. The lowest BCUT2D eigenvalue weighted by Gasteiger charge is -1.96. The van der Waals surface area contributed by atoms with Gasteiger partial charge >= 0.3 is 0 Å². The molecule has 0 amide bonds. The molecule has 1 heterocycles. The highest BCUT2D eigenvalue weighted by molar-refractivity contribution is 7.09. The average molecular weight is 250 g/mol. The number of aryl methyl sites for hydroxylation is 1. The van der Waals surface area contributed by atoms with Crippen molar-refractivity contribution in [2.24, 2.45) is 5.73 Å². The Morgan fingerprint density at radius 3 is 2.65 bits per heavy atom. The first-order chi connectivity index (χ1) is 8.29. The zero-order valence-corrected chi connectivity index (χ0v) is 10.3. The normalized spacial score (nSPS) is 10.7. The van der Waals surface area contributed by atoms with E-state index in [4.69, 9.17) is 5.73 Å². The summed E-state index contributed by atoms with van der Waals surface area (Å²) in [6.07, 6.45) is 3.08. The number of aromatic nitrogens is 1. The van der Waals surface area contributed by atoms with Gasteiger partial charge in [0.25, 0.3) is 0 Å². The van der Waals surface area contributed by atoms with Gasteiger partial charge in [0.15, 0.2) is 0 Å². The standard InChI is InChI=1S/C13H15FN2S/c14-11-6-4-10(5-7-11)12-9-17-13(16-12)3-1-2-8-15/h4-7,9H,1-3,8,15H2. The third-order valence-corrected chi connectivity index (χ3v) is 3.45. The maximum atomic E-state index is 12.8. The van der Waals surface area contributed by atoms with Crippen LogP contribution in [0.1, 0.15) is 17.8 Å². The predicted molar refractivity (Wildman–Crippen MR) is 69.5 cm³/mol. The zero-order chi connectivity index (χ0) is 12.1. The first kappa shape index (κ1) is 12.2. The SMILES string of the molecule is NCCCCc1nc(-c2ccc(F)cc2)cs1. The summed E-state index contributed by atoms with van der Waals surface area (Å²) in [6, 6.07) is 6.44. The minimum Gasteiger partial charge on any atom is -0.330 e. The fraction of sp³-hybridized carbons (Fsp3) is 0.308. The molecule has 0 radical (unpaired) electrons. The van der Waals surface area contributed by atoms with Gasteiger partial charge in [-0.2, -0.15) is 0 Å². The molecule has 90 valence electrons. The van der Waals surface area contributed by atoms with Crippen LogP contribution in [0.15, 0.2) is 29.6 Å². The summed E-state index contributed by atoms with van der Waals surface area (Å²) in [5.41, 5.74) is 7.34. The molecule has 0 fully saturated rings. The number of benzene rings is 1. The van der Waals surface area contributed by atoms with Gasteiger partial charge in [0.2, 0.25) is 0 Å². The summed E-state index contributed by atoms with van der Waals surface area (Å²) >= 11 is 1.65. The van der Waals surface area contributed by atoms with E-state index in [-0.39, 0.29) is 5.82 Å². The van der Waals surface area contributed by atoms with Crippen molar-refractivity contribution >= 4 is 11.3 Å². The minimum absolute atomic E-state index is 0.216. The quantitative estimate of drug-likeness (QED) is 0.827. The summed E-state index contributed by atoms with van der Waals surface area (Å²) in [7, 11) is 0. The van der Waals surface area contributed by atoms with E-state index in [1.54, 1.807) is 23.5 Å². The maximum absolute atomic E-state index is 12.8. The Balaban J connectivity index is 2.04. The van der Waals surface area contributed by atoms with E-state index < -0.39 is 0 Å². The zero-order valence-electron chi connectivity index (χ0n) is 9.53. The van der Waals surface area contributed by atoms with Crippen molar-refractivity contribution in [3.8, 4) is 11.3 Å². The van der Waals surface area contributed by atoms with Crippen molar-refractivity contribution in [1.29, 1.82) is 0 Å². The predicted octanol–water partition coefficient (Wildman–Crippen LogP) is 3.23. The highest BCUT2D eigenvalue weighted by atomic mass is 32.1. The van der Waals surface area contributed by atoms with Crippen molar-refractivity contribution < 1.29 is 4.39 Å². The molecule has 0 bridgehead atoms. The van der Waals surface area contributed by atoms with E-state index in [0.29, 0.717) is 0 Å². The molecule has 2 N–H and O–H groups in total. The molecule has 2 nitrogen and oxygen atoms in total. The van der Waals surface area contributed by atoms with Gasteiger partial charge in [-0.05, 0) is 50.1 Å². The van der Waals surface area contributed by atoms with Crippen LogP contribution in [0.4, 0.5) is 4.39 Å². The van der Waals surface area contributed by atoms with E-state index >= 15 is 0 Å². The summed E-state index contributed by atoms with van der Waals surface area (Å²) in [5.74, 6) is -0.216. The van der Waals surface area contributed by atoms with E-state index in [2.05, 4.69) is 4.98 Å². The molecular weight excluding hydrogens is 235 g/mol. The van der Waals surface area contributed by atoms with Crippen LogP contribution in [-0.4, -0.2) is 11.5 Å². The number of rotatable bonds is 5. The third kappa shape index (κ3) is 3.35. The largest absolute Gasteiger partial charge is 0.330 e. The van der Waals surface area contributed by atoms with Gasteiger partial charge in [-0.15, -0.1) is 11.3 Å². The Morgan fingerprint density at radius 2 is 1.94 bits per heavy atom. The van der Waals surface area contributed by atoms with Crippen LogP contribution < -0.4 is 5.73 Å². The van der Waals surface area contributed by atoms with Gasteiger partial charge in [-0.25, -0.2) is 9.37 Å². The molecular formula is C13H15FN2S. The minimum atomic E-state index is -0.216. The van der Waals surface area contributed by atoms with Crippen molar-refractivity contribution in [3.05, 3.63) is 40.5 Å². The summed E-state index contributed by atoms with van der Waals surface area (Å²) in [6.45, 7) is 0.732. The van der Waals surface area contributed by atoms with Gasteiger partial charge in [0.1, 0.15) is 5.82 Å². The van der Waals surface area contributed by atoms with Gasteiger partial charge in [-0.1, -0.05) is 0 Å². The molecule has 0 spiro atoms. The summed E-state index contributed by atoms with van der Waals surface area (Å²) < 4.78 is 12.8. The van der Waals surface area contributed by atoms with E-state index in [0.717, 1.165) is 42.1 Å². The van der Waals surface area contributed by atoms with Crippen LogP contribution in [0.3, 0.4) is 0 Å². The number of unbranched alkanes of at least 4 members (excludes halogenated alkanes) is 1. The molecule has 0 aliphatic rings. The highest BCUT2D eigenvalue weighted by Gasteiger charge is 2.04. The Hall–Kier alpha value is -1.26. The number of nitrogens with two attached hydrogens (primary N) is 1. The highest BCUT2D eigenvalue weighted by Crippen LogP contribution is 2.22. The second kappa shape index (κ2) is 5.89. The van der Waals surface area contributed by atoms with Crippen molar-refractivity contribution in [1.82, 2.24) is 4.98 Å². The van der Waals surface area contributed by atoms with Crippen molar-refractivity contribution in [3.63, 3.8) is 0 Å². The number of hydrogen-bond acceptors (Lipinski definition) is 3. The lowest BCUT2D eigenvalue weighted by atomic mass is 10.2. The molecule has 0 unspecified atom stereocenters. The monoisotopic (exact) mass is 250 g/mol. The third-order valence-electron chi connectivity index (χ3n) is 2.54. The molecule has 0 aliphatic carbocycles. The van der Waals surface area contributed by atoms with Crippen LogP contribution in [-0.2, 0) is 6.42 Å². The molecule has 2 rings (SSSR count). The Kier molecular flexibility index (Phi) is 4.23. The van der Waals surface area contributed by atoms with Crippen LogP contribution in [0.25, 0.3) is 11.3 Å². The molecule has 1 aromatic carbocycles. The number of hydrogen-bond donors (Lipinski definition) is 1. The first-order valence-electron chi connectivity index (χ1n) is 5.70. The van der Waals surface area contributed by atoms with Crippen LogP contribution in [0.5, 0.6) is 0 Å². The second-order valence-corrected chi connectivity index (χ2v) is 4.82. The molecule has 0 saturated heterocycles. The molecule has 1 aromatic heterocycles. The molecule has 2 aromatic rings. The first-order valence-corrected chi connectivity index (χ1v) is 6.58. The van der Waals surface area contributed by atoms with Crippen molar-refractivity contribution in [2.75, 3.05) is 6.54 Å². The van der Waals surface area contributed by atoms with E-state index in [1.807, 2.05) is 5.38 Å². The van der Waals surface area contributed by atoms with Crippen LogP contribution in [0.2, 0.25) is 0 Å². The van der Waals surface area contributed by atoms with E-state index in [1.165, 1.54) is 12.1 Å². The van der Waals surface area contributed by atoms with Crippen LogP contribution >= 0.6 is 11.3 Å². The van der Waals surface area contributed by atoms with Gasteiger partial charge in [0.05, 0.1) is 10.7 Å². The number of halogens is 1. The number of nitrogens with zero attached hydrogens (tertiary/aromatic N) is 1. The smallest absolute Gasteiger partial charge is 0.123 e. The molecule has 4 heteroatoms. The summed E-state index contributed by atoms with van der Waals surface area (Å²) in [5, 5.41) is 3.14. The fourth-order valence-corrected chi connectivity index (χ4v) is 2.45. The van der Waals surface area contributed by atoms with E-state index in [9.17, 15) is 4.39 Å². The Labute approximate surface area is 104 Å². The van der Waals surface area contributed by atoms with Gasteiger partial charge in [-0.3, -0.25) is 0 Å². The maximum Gasteiger partial charge on any atom is 0.123 e. The fourth-order valence-electron chi connectivity index (χ4n) is 1.60. The topological polar surface area (TPSA) is 38.9 Å². The van der Waals surface area contributed by atoms with Gasteiger partial charge < -0.3 is 5.73 Å². The second-order valence-electron chi connectivity index (χ2n) is 3.88. The number of thiazole rings is 1.